The number of ether oxygens (including phenoxy) is 1. The Bertz CT molecular complexity index is 449. The third-order valence-corrected chi connectivity index (χ3v) is 2.98. The summed E-state index contributed by atoms with van der Waals surface area (Å²) in [6.45, 7) is 1.19. The van der Waals surface area contributed by atoms with Crippen molar-refractivity contribution in [2.45, 2.75) is 12.5 Å². The fraction of sp³-hybridized carbons (Fsp3) is 0.462. The number of nitrogens with zero attached hydrogens (tertiary/aromatic N) is 2. The lowest BCUT2D eigenvalue weighted by Crippen LogP contribution is -2.33. The van der Waals surface area contributed by atoms with Crippen LogP contribution in [0.2, 0.25) is 10.0 Å². The van der Waals surface area contributed by atoms with Crippen LogP contribution in [-0.4, -0.2) is 42.9 Å². The molecule has 0 spiro atoms. The Morgan fingerprint density at radius 3 is 2.84 bits per heavy atom. The molecule has 6 heteroatoms. The minimum atomic E-state index is -0.643. The van der Waals surface area contributed by atoms with Gasteiger partial charge in [0.05, 0.1) is 11.1 Å². The first kappa shape index (κ1) is 16.1. The van der Waals surface area contributed by atoms with Crippen LogP contribution in [-0.2, 0) is 0 Å². The summed E-state index contributed by atoms with van der Waals surface area (Å²) in [4.78, 5) is 1.88. The van der Waals surface area contributed by atoms with Gasteiger partial charge in [-0.3, -0.25) is 0 Å². The van der Waals surface area contributed by atoms with E-state index in [1.165, 1.54) is 0 Å². The van der Waals surface area contributed by atoms with Gasteiger partial charge in [0.15, 0.2) is 0 Å². The van der Waals surface area contributed by atoms with Crippen LogP contribution in [0.25, 0.3) is 0 Å². The number of benzene rings is 1. The van der Waals surface area contributed by atoms with E-state index < -0.39 is 6.10 Å². The first-order valence-corrected chi connectivity index (χ1v) is 6.60. The van der Waals surface area contributed by atoms with Gasteiger partial charge in [0.2, 0.25) is 0 Å². The fourth-order valence-corrected chi connectivity index (χ4v) is 1.99. The molecule has 0 amide bonds. The van der Waals surface area contributed by atoms with Gasteiger partial charge in [-0.15, -0.1) is 0 Å². The highest BCUT2D eigenvalue weighted by Gasteiger charge is 2.10. The normalized spacial score (nSPS) is 12.2. The van der Waals surface area contributed by atoms with E-state index >= 15 is 0 Å². The summed E-state index contributed by atoms with van der Waals surface area (Å²) < 4.78 is 5.43. The highest BCUT2D eigenvalue weighted by molar-refractivity contribution is 6.35. The molecule has 104 valence electrons. The van der Waals surface area contributed by atoms with Crippen LogP contribution in [0.4, 0.5) is 0 Å². The van der Waals surface area contributed by atoms with E-state index in [-0.39, 0.29) is 6.61 Å². The van der Waals surface area contributed by atoms with Gasteiger partial charge in [0.1, 0.15) is 18.5 Å². The first-order valence-electron chi connectivity index (χ1n) is 5.84. The molecule has 0 heterocycles. The van der Waals surface area contributed by atoms with Gasteiger partial charge in [-0.1, -0.05) is 23.2 Å². The van der Waals surface area contributed by atoms with Gasteiger partial charge in [-0.25, -0.2) is 0 Å². The van der Waals surface area contributed by atoms with Crippen LogP contribution < -0.4 is 4.74 Å². The lowest BCUT2D eigenvalue weighted by molar-refractivity contribution is 0.0770. The third-order valence-electron chi connectivity index (χ3n) is 2.45. The van der Waals surface area contributed by atoms with Crippen LogP contribution in [0.5, 0.6) is 5.75 Å². The maximum atomic E-state index is 9.81. The van der Waals surface area contributed by atoms with Crippen LogP contribution in [0.1, 0.15) is 6.42 Å². The smallest absolute Gasteiger partial charge is 0.138 e. The van der Waals surface area contributed by atoms with Gasteiger partial charge >= 0.3 is 0 Å². The predicted molar refractivity (Wildman–Crippen MR) is 75.7 cm³/mol. The summed E-state index contributed by atoms with van der Waals surface area (Å²) in [5.74, 6) is 0.491. The summed E-state index contributed by atoms with van der Waals surface area (Å²) in [6.07, 6.45) is -0.206. The molecule has 0 saturated heterocycles. The Hall–Kier alpha value is -0.990. The molecule has 4 nitrogen and oxygen atoms in total. The third kappa shape index (κ3) is 6.13. The minimum Gasteiger partial charge on any atom is -0.489 e. The molecule has 1 unspecified atom stereocenters. The molecule has 0 radical (unpaired) electrons. The van der Waals surface area contributed by atoms with Gasteiger partial charge in [-0.05, 0) is 25.2 Å². The molecule has 19 heavy (non-hydrogen) atoms. The second-order valence-electron chi connectivity index (χ2n) is 4.21. The number of halogens is 2. The largest absolute Gasteiger partial charge is 0.489 e. The Labute approximate surface area is 123 Å². The molecule has 0 aliphatic carbocycles. The fourth-order valence-electron chi connectivity index (χ4n) is 1.52. The van der Waals surface area contributed by atoms with Crippen LogP contribution in [0.15, 0.2) is 18.2 Å². The number of nitriles is 1. The van der Waals surface area contributed by atoms with Crippen molar-refractivity contribution in [2.75, 3.05) is 26.7 Å². The zero-order valence-corrected chi connectivity index (χ0v) is 12.2. The van der Waals surface area contributed by atoms with Crippen molar-refractivity contribution in [1.82, 2.24) is 4.90 Å². The van der Waals surface area contributed by atoms with Gasteiger partial charge < -0.3 is 14.7 Å². The van der Waals surface area contributed by atoms with Crippen molar-refractivity contribution in [3.8, 4) is 11.8 Å². The molecule has 0 aliphatic heterocycles. The Balaban J connectivity index is 2.37. The first-order chi connectivity index (χ1) is 9.02. The number of aliphatic hydroxyl groups excluding tert-OH is 1. The Morgan fingerprint density at radius 1 is 1.47 bits per heavy atom. The summed E-state index contributed by atoms with van der Waals surface area (Å²) in [5.41, 5.74) is 0. The van der Waals surface area contributed by atoms with Crippen LogP contribution in [0.3, 0.4) is 0 Å². The molecule has 1 aromatic rings. The molecular weight excluding hydrogens is 287 g/mol. The molecule has 0 aromatic heterocycles. The minimum absolute atomic E-state index is 0.137. The highest BCUT2D eigenvalue weighted by Crippen LogP contribution is 2.27. The summed E-state index contributed by atoms with van der Waals surface area (Å²) in [7, 11) is 1.84. The summed E-state index contributed by atoms with van der Waals surface area (Å²) in [6, 6.07) is 6.98. The van der Waals surface area contributed by atoms with E-state index in [0.717, 1.165) is 0 Å². The monoisotopic (exact) mass is 302 g/mol. The predicted octanol–water partition coefficient (Wildman–Crippen LogP) is 2.58. The van der Waals surface area contributed by atoms with Crippen molar-refractivity contribution in [1.29, 1.82) is 5.26 Å². The Morgan fingerprint density at radius 2 is 2.21 bits per heavy atom. The molecule has 1 aromatic carbocycles. The van der Waals surface area contributed by atoms with Crippen molar-refractivity contribution in [3.63, 3.8) is 0 Å². The molecular formula is C13H16Cl2N2O2. The molecule has 0 aliphatic rings. The van der Waals surface area contributed by atoms with Crippen molar-refractivity contribution in [3.05, 3.63) is 28.2 Å². The molecule has 0 bridgehead atoms. The lowest BCUT2D eigenvalue weighted by Gasteiger charge is -2.19. The van der Waals surface area contributed by atoms with E-state index in [4.69, 9.17) is 33.2 Å². The van der Waals surface area contributed by atoms with Gasteiger partial charge in [-0.2, -0.15) is 5.26 Å². The zero-order valence-electron chi connectivity index (χ0n) is 10.6. The number of hydrogen-bond acceptors (Lipinski definition) is 4. The maximum absolute atomic E-state index is 9.81. The number of aliphatic hydroxyl groups is 1. The van der Waals surface area contributed by atoms with Crippen molar-refractivity contribution in [2.24, 2.45) is 0 Å². The van der Waals surface area contributed by atoms with Crippen molar-refractivity contribution < 1.29 is 9.84 Å². The zero-order chi connectivity index (χ0) is 14.3. The van der Waals surface area contributed by atoms with Crippen LogP contribution in [0, 0.1) is 11.3 Å². The average molecular weight is 303 g/mol. The molecule has 0 fully saturated rings. The number of likely N-dealkylation sites (N-methyl/N-ethyl adjacent to an activating group) is 1. The quantitative estimate of drug-likeness (QED) is 0.841. The highest BCUT2D eigenvalue weighted by atomic mass is 35.5. The van der Waals surface area contributed by atoms with Crippen LogP contribution >= 0.6 is 23.2 Å². The van der Waals surface area contributed by atoms with Gasteiger partial charge in [0, 0.05) is 24.5 Å². The molecule has 1 N–H and O–H groups in total. The lowest BCUT2D eigenvalue weighted by atomic mass is 10.3. The average Bonchev–Trinajstić information content (AvgIpc) is 2.35. The molecule has 1 rings (SSSR count). The summed E-state index contributed by atoms with van der Waals surface area (Å²) in [5, 5.41) is 19.2. The van der Waals surface area contributed by atoms with Crippen molar-refractivity contribution >= 4 is 23.2 Å². The Kier molecular flexibility index (Phi) is 6.96. The maximum Gasteiger partial charge on any atom is 0.138 e. The van der Waals surface area contributed by atoms with E-state index in [2.05, 4.69) is 6.07 Å². The van der Waals surface area contributed by atoms with E-state index in [1.54, 1.807) is 18.2 Å². The SMILES string of the molecule is CN(CCC#N)CC(O)COc1ccc(Cl)cc1Cl. The second kappa shape index (κ2) is 8.23. The summed E-state index contributed by atoms with van der Waals surface area (Å²) >= 11 is 11.7. The number of hydrogen-bond donors (Lipinski definition) is 1. The topological polar surface area (TPSA) is 56.5 Å². The van der Waals surface area contributed by atoms with Gasteiger partial charge in [0.25, 0.3) is 0 Å². The number of rotatable bonds is 7. The second-order valence-corrected chi connectivity index (χ2v) is 5.05. The molecule has 1 atom stereocenters. The van der Waals surface area contributed by atoms with E-state index in [0.29, 0.717) is 35.3 Å². The standard InChI is InChI=1S/C13H16Cl2N2O2/c1-17(6-2-5-16)8-11(18)9-19-13-4-3-10(14)7-12(13)15/h3-4,7,11,18H,2,6,8-9H2,1H3. The van der Waals surface area contributed by atoms with E-state index in [1.807, 2.05) is 11.9 Å². The molecule has 0 saturated carbocycles. The van der Waals surface area contributed by atoms with E-state index in [9.17, 15) is 5.11 Å².